The summed E-state index contributed by atoms with van der Waals surface area (Å²) >= 11 is 0. The summed E-state index contributed by atoms with van der Waals surface area (Å²) in [5.74, 6) is 0.457. The average molecular weight is 474 g/mol. The van der Waals surface area contributed by atoms with E-state index in [1.165, 1.54) is 37.7 Å². The Balaban J connectivity index is 1.45. The molecular weight excluding hydrogens is 434 g/mol. The lowest BCUT2D eigenvalue weighted by atomic mass is 9.85. The number of likely N-dealkylation sites (tertiary alicyclic amines) is 2. The van der Waals surface area contributed by atoms with Crippen LogP contribution in [0.15, 0.2) is 61.2 Å². The van der Waals surface area contributed by atoms with E-state index in [1.807, 2.05) is 35.2 Å². The van der Waals surface area contributed by atoms with Crippen molar-refractivity contribution in [2.75, 3.05) is 32.7 Å². The normalized spacial score (nSPS) is 24.5. The monoisotopic (exact) mass is 473 g/mol. The minimum Gasteiger partial charge on any atom is -0.508 e. The third-order valence-corrected chi connectivity index (χ3v) is 8.09. The zero-order valence-electron chi connectivity index (χ0n) is 20.8. The van der Waals surface area contributed by atoms with E-state index in [0.717, 1.165) is 56.7 Å². The van der Waals surface area contributed by atoms with Gasteiger partial charge in [0.05, 0.1) is 6.04 Å². The predicted molar refractivity (Wildman–Crippen MR) is 141 cm³/mol. The van der Waals surface area contributed by atoms with Gasteiger partial charge in [-0.15, -0.1) is 6.58 Å². The number of piperidine rings is 1. The molecule has 3 atom stereocenters. The molecule has 3 heterocycles. The first kappa shape index (κ1) is 24.1. The fourth-order valence-corrected chi connectivity index (χ4v) is 6.48. The van der Waals surface area contributed by atoms with E-state index >= 15 is 0 Å². The molecule has 5 rings (SSSR count). The van der Waals surface area contributed by atoms with Crippen molar-refractivity contribution in [2.24, 2.45) is 0 Å². The van der Waals surface area contributed by atoms with Crippen molar-refractivity contribution >= 4 is 5.91 Å². The number of benzene rings is 2. The van der Waals surface area contributed by atoms with Gasteiger partial charge in [-0.2, -0.15) is 0 Å². The first-order valence-electron chi connectivity index (χ1n) is 13.4. The molecule has 0 radical (unpaired) electrons. The van der Waals surface area contributed by atoms with Crippen molar-refractivity contribution in [1.82, 2.24) is 14.7 Å². The summed E-state index contributed by atoms with van der Waals surface area (Å²) in [6, 6.07) is 17.0. The molecule has 1 N–H and O–H groups in total. The lowest BCUT2D eigenvalue weighted by Crippen LogP contribution is -2.61. The van der Waals surface area contributed by atoms with Crippen molar-refractivity contribution in [3.8, 4) is 5.75 Å². The van der Waals surface area contributed by atoms with Gasteiger partial charge < -0.3 is 10.0 Å². The number of piperazine rings is 1. The third-order valence-electron chi connectivity index (χ3n) is 8.09. The van der Waals surface area contributed by atoms with Gasteiger partial charge in [0.2, 0.25) is 0 Å². The van der Waals surface area contributed by atoms with Crippen LogP contribution >= 0.6 is 0 Å². The number of hydrogen-bond donors (Lipinski definition) is 1. The third kappa shape index (κ3) is 5.31. The Morgan fingerprint density at radius 3 is 2.26 bits per heavy atom. The van der Waals surface area contributed by atoms with E-state index in [9.17, 15) is 9.90 Å². The maximum absolute atomic E-state index is 13.2. The topological polar surface area (TPSA) is 47.0 Å². The summed E-state index contributed by atoms with van der Waals surface area (Å²) in [7, 11) is 0. The van der Waals surface area contributed by atoms with E-state index in [-0.39, 0.29) is 11.9 Å². The van der Waals surface area contributed by atoms with Crippen molar-refractivity contribution < 1.29 is 9.90 Å². The van der Waals surface area contributed by atoms with Gasteiger partial charge >= 0.3 is 0 Å². The number of aromatic hydroxyl groups is 1. The maximum atomic E-state index is 13.2. The summed E-state index contributed by atoms with van der Waals surface area (Å²) in [5.41, 5.74) is 3.09. The van der Waals surface area contributed by atoms with Crippen LogP contribution in [0.2, 0.25) is 0 Å². The molecule has 3 aliphatic heterocycles. The molecular formula is C30H39N3O2. The molecule has 0 aromatic heterocycles. The molecule has 1 amide bonds. The summed E-state index contributed by atoms with van der Waals surface area (Å²) in [6.45, 7) is 8.71. The molecule has 0 saturated carbocycles. The summed E-state index contributed by atoms with van der Waals surface area (Å²) < 4.78 is 0. The summed E-state index contributed by atoms with van der Waals surface area (Å²) in [6.07, 6.45) is 10.3. The number of rotatable bonds is 6. The first-order valence-corrected chi connectivity index (χ1v) is 13.4. The van der Waals surface area contributed by atoms with Crippen molar-refractivity contribution in [3.05, 3.63) is 77.9 Å². The highest BCUT2D eigenvalue weighted by molar-refractivity contribution is 5.94. The highest BCUT2D eigenvalue weighted by atomic mass is 16.3. The Morgan fingerprint density at radius 2 is 1.63 bits per heavy atom. The highest BCUT2D eigenvalue weighted by Crippen LogP contribution is 2.40. The van der Waals surface area contributed by atoms with Crippen LogP contribution in [0.1, 0.15) is 72.5 Å². The molecule has 3 aliphatic rings. The molecule has 3 unspecified atom stereocenters. The Morgan fingerprint density at radius 1 is 0.943 bits per heavy atom. The molecule has 186 valence electrons. The fourth-order valence-electron chi connectivity index (χ4n) is 6.48. The zero-order chi connectivity index (χ0) is 24.2. The molecule has 3 fully saturated rings. The molecule has 0 spiro atoms. The van der Waals surface area contributed by atoms with Gasteiger partial charge in [-0.05, 0) is 61.1 Å². The van der Waals surface area contributed by atoms with Gasteiger partial charge in [-0.1, -0.05) is 49.6 Å². The van der Waals surface area contributed by atoms with Crippen LogP contribution in [0.3, 0.4) is 0 Å². The standard InChI is InChI=1S/C30H39N3O2/c1-2-17-31-21-26-10-8-11-27(22-31)33(26)29(25-9-7-12-28(34)20-25)23-13-15-24(16-14-23)30(35)32-18-5-3-4-6-19-32/h2,7,9,12-16,20,26-27,29,34H,1,3-6,8,10-11,17-19,21-22H2. The van der Waals surface area contributed by atoms with Crippen LogP contribution in [0.4, 0.5) is 0 Å². The predicted octanol–water partition coefficient (Wildman–Crippen LogP) is 5.22. The molecule has 0 aliphatic carbocycles. The van der Waals surface area contributed by atoms with Gasteiger partial charge in [-0.3, -0.25) is 14.6 Å². The van der Waals surface area contributed by atoms with Gasteiger partial charge in [0, 0.05) is 50.4 Å². The average Bonchev–Trinajstić information content (AvgIpc) is 3.14. The zero-order valence-corrected chi connectivity index (χ0v) is 20.8. The quantitative estimate of drug-likeness (QED) is 0.584. The number of fused-ring (bicyclic) bond motifs is 2. The van der Waals surface area contributed by atoms with Crippen molar-refractivity contribution in [1.29, 1.82) is 0 Å². The Labute approximate surface area is 210 Å². The Kier molecular flexibility index (Phi) is 7.54. The van der Waals surface area contributed by atoms with Crippen LogP contribution in [0.25, 0.3) is 0 Å². The molecule has 3 saturated heterocycles. The molecule has 2 bridgehead atoms. The van der Waals surface area contributed by atoms with E-state index in [4.69, 9.17) is 0 Å². The lowest BCUT2D eigenvalue weighted by molar-refractivity contribution is -0.0250. The minimum atomic E-state index is 0.0608. The largest absolute Gasteiger partial charge is 0.508 e. The molecule has 5 heteroatoms. The maximum Gasteiger partial charge on any atom is 0.253 e. The Hall–Kier alpha value is -2.63. The number of phenolic OH excluding ortho intramolecular Hbond substituents is 1. The molecule has 5 nitrogen and oxygen atoms in total. The van der Waals surface area contributed by atoms with Crippen LogP contribution in [-0.2, 0) is 0 Å². The number of carbonyl (C=O) groups is 1. The molecule has 2 aromatic carbocycles. The molecule has 35 heavy (non-hydrogen) atoms. The van der Waals surface area contributed by atoms with E-state index in [2.05, 4.69) is 34.6 Å². The van der Waals surface area contributed by atoms with E-state index < -0.39 is 0 Å². The lowest BCUT2D eigenvalue weighted by Gasteiger charge is -2.53. The SMILES string of the molecule is C=CCN1CC2CCCC(C1)N2C(c1ccc(C(=O)N2CCCCCC2)cc1)c1cccc(O)c1. The van der Waals surface area contributed by atoms with Crippen molar-refractivity contribution in [3.63, 3.8) is 0 Å². The number of phenols is 1. The summed E-state index contributed by atoms with van der Waals surface area (Å²) in [4.78, 5) is 20.4. The van der Waals surface area contributed by atoms with Gasteiger partial charge in [-0.25, -0.2) is 0 Å². The van der Waals surface area contributed by atoms with Gasteiger partial charge in [0.1, 0.15) is 5.75 Å². The highest BCUT2D eigenvalue weighted by Gasteiger charge is 2.41. The van der Waals surface area contributed by atoms with Crippen LogP contribution < -0.4 is 0 Å². The second-order valence-corrected chi connectivity index (χ2v) is 10.5. The minimum absolute atomic E-state index is 0.0608. The second-order valence-electron chi connectivity index (χ2n) is 10.5. The van der Waals surface area contributed by atoms with Gasteiger partial charge in [0.25, 0.3) is 5.91 Å². The van der Waals surface area contributed by atoms with E-state index in [1.54, 1.807) is 6.07 Å². The van der Waals surface area contributed by atoms with Crippen LogP contribution in [-0.4, -0.2) is 70.5 Å². The number of amides is 1. The van der Waals surface area contributed by atoms with Crippen LogP contribution in [0, 0.1) is 0 Å². The number of hydrogen-bond acceptors (Lipinski definition) is 4. The first-order chi connectivity index (χ1) is 17.1. The number of carbonyl (C=O) groups excluding carboxylic acids is 1. The Bertz CT molecular complexity index is 999. The van der Waals surface area contributed by atoms with E-state index in [0.29, 0.717) is 17.8 Å². The molecule has 2 aromatic rings. The van der Waals surface area contributed by atoms with Gasteiger partial charge in [0.15, 0.2) is 0 Å². The van der Waals surface area contributed by atoms with Crippen LogP contribution in [0.5, 0.6) is 5.75 Å². The fraction of sp³-hybridized carbons (Fsp3) is 0.500. The summed E-state index contributed by atoms with van der Waals surface area (Å²) in [5, 5.41) is 10.3. The number of nitrogens with zero attached hydrogens (tertiary/aromatic N) is 3. The smallest absolute Gasteiger partial charge is 0.253 e. The van der Waals surface area contributed by atoms with Crippen molar-refractivity contribution in [2.45, 2.75) is 63.1 Å². The second kappa shape index (κ2) is 11.0.